The van der Waals surface area contributed by atoms with Crippen LogP contribution < -0.4 is 15.8 Å². The Bertz CT molecular complexity index is 605. The summed E-state index contributed by atoms with van der Waals surface area (Å²) in [7, 11) is 0. The molecule has 0 atom stereocenters. The van der Waals surface area contributed by atoms with E-state index in [1.54, 1.807) is 12.3 Å². The zero-order valence-electron chi connectivity index (χ0n) is 15.1. The van der Waals surface area contributed by atoms with Gasteiger partial charge in [0.15, 0.2) is 0 Å². The van der Waals surface area contributed by atoms with Crippen molar-refractivity contribution in [1.29, 1.82) is 0 Å². The van der Waals surface area contributed by atoms with E-state index in [-0.39, 0.29) is 12.1 Å². The molecule has 138 valence electrons. The number of nitrogens with two attached hydrogens (primary N) is 1. The Morgan fingerprint density at radius 1 is 1.24 bits per heavy atom. The normalized spacial score (nSPS) is 20.6. The van der Waals surface area contributed by atoms with Gasteiger partial charge in [0, 0.05) is 12.2 Å². The van der Waals surface area contributed by atoms with Crippen LogP contribution in [0, 0.1) is 5.92 Å². The molecule has 0 aliphatic heterocycles. The van der Waals surface area contributed by atoms with E-state index in [1.807, 2.05) is 20.8 Å². The molecule has 0 aromatic carbocycles. The maximum Gasteiger partial charge on any atom is 0.407 e. The van der Waals surface area contributed by atoms with Gasteiger partial charge in [-0.25, -0.2) is 4.79 Å². The lowest BCUT2D eigenvalue weighted by Gasteiger charge is -2.30. The van der Waals surface area contributed by atoms with Gasteiger partial charge in [-0.3, -0.25) is 9.78 Å². The van der Waals surface area contributed by atoms with E-state index in [0.717, 1.165) is 25.7 Å². The van der Waals surface area contributed by atoms with Crippen molar-refractivity contribution in [2.24, 2.45) is 11.7 Å². The molecule has 2 rings (SSSR count). The summed E-state index contributed by atoms with van der Waals surface area (Å²) in [4.78, 5) is 26.9. The lowest BCUT2D eigenvalue weighted by molar-refractivity contribution is 0.0483. The van der Waals surface area contributed by atoms with Crippen LogP contribution in [0.2, 0.25) is 0 Å². The van der Waals surface area contributed by atoms with E-state index in [9.17, 15) is 9.59 Å². The van der Waals surface area contributed by atoms with Crippen LogP contribution in [-0.4, -0.2) is 35.2 Å². The number of nitrogens with zero attached hydrogens (tertiary/aromatic N) is 1. The monoisotopic (exact) mass is 349 g/mol. The number of hydrogen-bond acceptors (Lipinski definition) is 5. The van der Waals surface area contributed by atoms with Gasteiger partial charge in [0.2, 0.25) is 5.91 Å². The Morgan fingerprint density at radius 2 is 1.92 bits per heavy atom. The largest absolute Gasteiger partial charge is 0.492 e. The number of carbonyl (C=O) groups excluding carboxylic acids is 2. The number of rotatable bonds is 5. The van der Waals surface area contributed by atoms with Gasteiger partial charge >= 0.3 is 6.09 Å². The average molecular weight is 349 g/mol. The molecular weight excluding hydrogens is 322 g/mol. The minimum absolute atomic E-state index is 0.144. The van der Waals surface area contributed by atoms with Crippen molar-refractivity contribution in [1.82, 2.24) is 10.3 Å². The maximum atomic E-state index is 11.8. The fourth-order valence-corrected chi connectivity index (χ4v) is 2.79. The number of aromatic nitrogens is 1. The molecule has 1 saturated carbocycles. The van der Waals surface area contributed by atoms with Crippen LogP contribution in [-0.2, 0) is 4.74 Å². The predicted molar refractivity (Wildman–Crippen MR) is 93.4 cm³/mol. The van der Waals surface area contributed by atoms with Crippen molar-refractivity contribution in [2.45, 2.75) is 58.1 Å². The first-order valence-corrected chi connectivity index (χ1v) is 8.60. The zero-order chi connectivity index (χ0) is 18.4. The molecule has 1 aliphatic rings. The summed E-state index contributed by atoms with van der Waals surface area (Å²) in [5.41, 5.74) is 5.09. The molecule has 1 aromatic rings. The molecule has 7 heteroatoms. The fraction of sp³-hybridized carbons (Fsp3) is 0.611. The summed E-state index contributed by atoms with van der Waals surface area (Å²) in [5.74, 6) is 0.436. The molecule has 0 saturated heterocycles. The Balaban J connectivity index is 1.73. The number of hydrogen-bond donors (Lipinski definition) is 2. The van der Waals surface area contributed by atoms with E-state index < -0.39 is 11.5 Å². The van der Waals surface area contributed by atoms with E-state index in [4.69, 9.17) is 15.2 Å². The molecule has 3 N–H and O–H groups in total. The van der Waals surface area contributed by atoms with E-state index in [1.165, 1.54) is 6.20 Å². The van der Waals surface area contributed by atoms with Gasteiger partial charge in [-0.1, -0.05) is 0 Å². The quantitative estimate of drug-likeness (QED) is 0.850. The smallest absolute Gasteiger partial charge is 0.407 e. The number of ether oxygens (including phenoxy) is 2. The van der Waals surface area contributed by atoms with Crippen molar-refractivity contribution < 1.29 is 19.1 Å². The summed E-state index contributed by atoms with van der Waals surface area (Å²) in [5, 5.41) is 2.93. The number of nitrogens with one attached hydrogen (secondary N) is 1. The van der Waals surface area contributed by atoms with Crippen LogP contribution in [0.25, 0.3) is 0 Å². The van der Waals surface area contributed by atoms with E-state index in [0.29, 0.717) is 23.8 Å². The highest BCUT2D eigenvalue weighted by atomic mass is 16.6. The summed E-state index contributed by atoms with van der Waals surface area (Å²) >= 11 is 0. The van der Waals surface area contributed by atoms with E-state index in [2.05, 4.69) is 10.3 Å². The number of carbonyl (C=O) groups is 2. The molecule has 7 nitrogen and oxygen atoms in total. The third-order valence-corrected chi connectivity index (χ3v) is 4.05. The molecule has 1 aliphatic carbocycles. The number of pyridine rings is 1. The van der Waals surface area contributed by atoms with Crippen molar-refractivity contribution >= 4 is 12.0 Å². The van der Waals surface area contributed by atoms with Gasteiger partial charge in [0.1, 0.15) is 11.4 Å². The SMILES string of the molecule is CC(C)(C)OC(=O)NC1CCC(COc2cncc(C(N)=O)c2)CC1. The van der Waals surface area contributed by atoms with Gasteiger partial charge < -0.3 is 20.5 Å². The van der Waals surface area contributed by atoms with Crippen LogP contribution >= 0.6 is 0 Å². The van der Waals surface area contributed by atoms with Crippen LogP contribution in [0.5, 0.6) is 5.75 Å². The molecule has 2 amide bonds. The highest BCUT2D eigenvalue weighted by Gasteiger charge is 2.25. The second kappa shape index (κ2) is 8.18. The van der Waals surface area contributed by atoms with Crippen LogP contribution in [0.15, 0.2) is 18.5 Å². The number of alkyl carbamates (subject to hydrolysis) is 1. The maximum absolute atomic E-state index is 11.8. The second-order valence-corrected chi connectivity index (χ2v) is 7.45. The Labute approximate surface area is 148 Å². The molecule has 1 fully saturated rings. The van der Waals surface area contributed by atoms with Gasteiger partial charge in [0.25, 0.3) is 0 Å². The molecule has 1 aromatic heterocycles. The first-order chi connectivity index (χ1) is 11.7. The molecule has 1 heterocycles. The van der Waals surface area contributed by atoms with Crippen molar-refractivity contribution in [3.05, 3.63) is 24.0 Å². The minimum atomic E-state index is -0.522. The van der Waals surface area contributed by atoms with Crippen molar-refractivity contribution in [2.75, 3.05) is 6.61 Å². The third kappa shape index (κ3) is 6.60. The Kier molecular flexibility index (Phi) is 6.22. The Morgan fingerprint density at radius 3 is 2.52 bits per heavy atom. The van der Waals surface area contributed by atoms with Crippen LogP contribution in [0.3, 0.4) is 0 Å². The molecule has 0 unspecified atom stereocenters. The van der Waals surface area contributed by atoms with Gasteiger partial charge in [-0.05, 0) is 58.4 Å². The van der Waals surface area contributed by atoms with Gasteiger partial charge in [-0.15, -0.1) is 0 Å². The lowest BCUT2D eigenvalue weighted by Crippen LogP contribution is -2.41. The summed E-state index contributed by atoms with van der Waals surface area (Å²) in [6.45, 7) is 6.11. The number of amides is 2. The Hall–Kier alpha value is -2.31. The van der Waals surface area contributed by atoms with E-state index >= 15 is 0 Å². The number of primary amides is 1. The summed E-state index contributed by atoms with van der Waals surface area (Å²) < 4.78 is 11.0. The average Bonchev–Trinajstić information content (AvgIpc) is 2.52. The topological polar surface area (TPSA) is 104 Å². The lowest BCUT2D eigenvalue weighted by atomic mass is 9.86. The third-order valence-electron chi connectivity index (χ3n) is 4.05. The fourth-order valence-electron chi connectivity index (χ4n) is 2.79. The summed E-state index contributed by atoms with van der Waals surface area (Å²) in [6.07, 6.45) is 6.35. The van der Waals surface area contributed by atoms with Crippen molar-refractivity contribution in [3.63, 3.8) is 0 Å². The standard InChI is InChI=1S/C18H27N3O4/c1-18(2,3)25-17(23)21-14-6-4-12(5-7-14)11-24-15-8-13(16(19)22)9-20-10-15/h8-10,12,14H,4-7,11H2,1-3H3,(H2,19,22)(H,21,23). The van der Waals surface area contributed by atoms with Crippen molar-refractivity contribution in [3.8, 4) is 5.75 Å². The van der Waals surface area contributed by atoms with Gasteiger partial charge in [0.05, 0.1) is 18.4 Å². The van der Waals surface area contributed by atoms with Gasteiger partial charge in [-0.2, -0.15) is 0 Å². The first-order valence-electron chi connectivity index (χ1n) is 8.60. The second-order valence-electron chi connectivity index (χ2n) is 7.45. The molecule has 0 radical (unpaired) electrons. The highest BCUT2D eigenvalue weighted by Crippen LogP contribution is 2.25. The van der Waals surface area contributed by atoms with Crippen LogP contribution in [0.4, 0.5) is 4.79 Å². The molecular formula is C18H27N3O4. The highest BCUT2D eigenvalue weighted by molar-refractivity contribution is 5.92. The molecule has 0 spiro atoms. The minimum Gasteiger partial charge on any atom is -0.492 e. The molecule has 25 heavy (non-hydrogen) atoms. The zero-order valence-corrected chi connectivity index (χ0v) is 15.1. The first kappa shape index (κ1) is 19.0. The molecule has 0 bridgehead atoms. The summed E-state index contributed by atoms with van der Waals surface area (Å²) in [6, 6.07) is 1.75. The predicted octanol–water partition coefficient (Wildman–Crippen LogP) is 2.64. The van der Waals surface area contributed by atoms with Crippen LogP contribution in [0.1, 0.15) is 56.8 Å².